The highest BCUT2D eigenvalue weighted by Gasteiger charge is 2.21. The topological polar surface area (TPSA) is 76.1 Å². The summed E-state index contributed by atoms with van der Waals surface area (Å²) < 4.78 is 5.40. The lowest BCUT2D eigenvalue weighted by atomic mass is 10.2. The van der Waals surface area contributed by atoms with E-state index in [2.05, 4.69) is 20.6 Å². The Bertz CT molecular complexity index is 596. The van der Waals surface area contributed by atoms with Gasteiger partial charge in [-0.1, -0.05) is 0 Å². The molecule has 1 fully saturated rings. The van der Waals surface area contributed by atoms with Crippen LogP contribution in [0.25, 0.3) is 11.0 Å². The lowest BCUT2D eigenvalue weighted by Crippen LogP contribution is -2.45. The van der Waals surface area contributed by atoms with Gasteiger partial charge in [0.1, 0.15) is 6.10 Å². The number of fused-ring (bicyclic) bond motifs is 1. The van der Waals surface area contributed by atoms with E-state index in [0.29, 0.717) is 18.8 Å². The van der Waals surface area contributed by atoms with E-state index < -0.39 is 6.10 Å². The van der Waals surface area contributed by atoms with E-state index in [9.17, 15) is 4.79 Å². The third-order valence-electron chi connectivity index (χ3n) is 2.96. The zero-order chi connectivity index (χ0) is 13.1. The van der Waals surface area contributed by atoms with Crippen LogP contribution in [0.4, 0.5) is 5.69 Å². The first kappa shape index (κ1) is 12.0. The molecule has 1 aromatic heterocycles. The van der Waals surface area contributed by atoms with Gasteiger partial charge in [-0.3, -0.25) is 14.8 Å². The summed E-state index contributed by atoms with van der Waals surface area (Å²) in [6, 6.07) is 5.44. The summed E-state index contributed by atoms with van der Waals surface area (Å²) in [4.78, 5) is 20.4. The molecule has 0 saturated carbocycles. The predicted octanol–water partition coefficient (Wildman–Crippen LogP) is 0.557. The van der Waals surface area contributed by atoms with Crippen molar-refractivity contribution in [2.24, 2.45) is 0 Å². The van der Waals surface area contributed by atoms with Gasteiger partial charge in [0.05, 0.1) is 17.6 Å². The van der Waals surface area contributed by atoms with Crippen LogP contribution in [0.5, 0.6) is 0 Å². The van der Waals surface area contributed by atoms with Gasteiger partial charge in [-0.15, -0.1) is 0 Å². The van der Waals surface area contributed by atoms with Gasteiger partial charge in [0.2, 0.25) is 0 Å². The molecule has 0 radical (unpaired) electrons. The second-order valence-electron chi connectivity index (χ2n) is 4.31. The number of morpholine rings is 1. The maximum Gasteiger partial charge on any atom is 0.254 e. The molecular formula is C13H14N4O2. The van der Waals surface area contributed by atoms with Crippen molar-refractivity contribution in [2.75, 3.05) is 25.0 Å². The largest absolute Gasteiger partial charge is 0.366 e. The molecule has 1 saturated heterocycles. The average molecular weight is 258 g/mol. The van der Waals surface area contributed by atoms with Crippen LogP contribution in [0.2, 0.25) is 0 Å². The zero-order valence-electron chi connectivity index (χ0n) is 10.3. The molecule has 0 bridgehead atoms. The lowest BCUT2D eigenvalue weighted by molar-refractivity contribution is -0.128. The third kappa shape index (κ3) is 2.69. The highest BCUT2D eigenvalue weighted by molar-refractivity contribution is 5.96. The van der Waals surface area contributed by atoms with E-state index >= 15 is 0 Å². The number of carbonyl (C=O) groups excluding carboxylic acids is 1. The van der Waals surface area contributed by atoms with E-state index in [1.807, 2.05) is 12.1 Å². The first-order chi connectivity index (χ1) is 9.33. The quantitative estimate of drug-likeness (QED) is 0.823. The molecule has 2 aromatic rings. The maximum absolute atomic E-state index is 12.0. The van der Waals surface area contributed by atoms with Gasteiger partial charge < -0.3 is 15.4 Å². The summed E-state index contributed by atoms with van der Waals surface area (Å²) in [7, 11) is 0. The van der Waals surface area contributed by atoms with Gasteiger partial charge in [-0.2, -0.15) is 0 Å². The fourth-order valence-electron chi connectivity index (χ4n) is 2.00. The number of nitrogens with one attached hydrogen (secondary N) is 2. The smallest absolute Gasteiger partial charge is 0.254 e. The Morgan fingerprint density at radius 2 is 2.16 bits per heavy atom. The average Bonchev–Trinajstić information content (AvgIpc) is 2.48. The number of hydrogen-bond donors (Lipinski definition) is 2. The zero-order valence-corrected chi connectivity index (χ0v) is 10.3. The van der Waals surface area contributed by atoms with Crippen molar-refractivity contribution in [3.63, 3.8) is 0 Å². The fourth-order valence-corrected chi connectivity index (χ4v) is 2.00. The van der Waals surface area contributed by atoms with Crippen molar-refractivity contribution in [1.82, 2.24) is 15.3 Å². The molecule has 6 nitrogen and oxygen atoms in total. The monoisotopic (exact) mass is 258 g/mol. The van der Waals surface area contributed by atoms with Crippen LogP contribution in [-0.2, 0) is 9.53 Å². The number of rotatable bonds is 2. The highest BCUT2D eigenvalue weighted by Crippen LogP contribution is 2.15. The van der Waals surface area contributed by atoms with E-state index in [4.69, 9.17) is 4.74 Å². The van der Waals surface area contributed by atoms with Crippen molar-refractivity contribution >= 4 is 22.6 Å². The Hall–Kier alpha value is -2.05. The van der Waals surface area contributed by atoms with E-state index in [-0.39, 0.29) is 5.91 Å². The molecule has 1 aromatic carbocycles. The molecular weight excluding hydrogens is 244 g/mol. The molecule has 0 unspecified atom stereocenters. The molecule has 1 atom stereocenters. The summed E-state index contributed by atoms with van der Waals surface area (Å²) in [6.45, 7) is 1.88. The molecule has 2 heterocycles. The van der Waals surface area contributed by atoms with Gasteiger partial charge >= 0.3 is 0 Å². The van der Waals surface area contributed by atoms with Crippen LogP contribution in [0, 0.1) is 0 Å². The van der Waals surface area contributed by atoms with Crippen molar-refractivity contribution in [1.29, 1.82) is 0 Å². The number of anilines is 1. The Morgan fingerprint density at radius 3 is 2.95 bits per heavy atom. The number of nitrogens with zero attached hydrogens (tertiary/aromatic N) is 2. The van der Waals surface area contributed by atoms with Crippen LogP contribution in [0.3, 0.4) is 0 Å². The molecule has 98 valence electrons. The molecule has 0 aliphatic carbocycles. The Balaban J connectivity index is 1.75. The normalized spacial score (nSPS) is 19.3. The standard InChI is InChI=1S/C13H14N4O2/c18-13(12-8-14-5-6-19-12)17-9-1-2-10-11(7-9)16-4-3-15-10/h1-4,7,12,14H,5-6,8H2,(H,17,18)/t12-/m1/s1. The number of hydrogen-bond acceptors (Lipinski definition) is 5. The Kier molecular flexibility index (Phi) is 3.35. The summed E-state index contributed by atoms with van der Waals surface area (Å²) in [6.07, 6.45) is 2.83. The molecule has 0 spiro atoms. The minimum absolute atomic E-state index is 0.143. The summed E-state index contributed by atoms with van der Waals surface area (Å²) in [5.41, 5.74) is 2.26. The number of carbonyl (C=O) groups is 1. The van der Waals surface area contributed by atoms with Crippen molar-refractivity contribution in [3.8, 4) is 0 Å². The Morgan fingerprint density at radius 1 is 1.32 bits per heavy atom. The number of ether oxygens (including phenoxy) is 1. The van der Waals surface area contributed by atoms with Gasteiger partial charge in [-0.05, 0) is 18.2 Å². The molecule has 1 aliphatic heterocycles. The van der Waals surface area contributed by atoms with Crippen molar-refractivity contribution in [3.05, 3.63) is 30.6 Å². The highest BCUT2D eigenvalue weighted by atomic mass is 16.5. The molecule has 3 rings (SSSR count). The number of benzene rings is 1. The van der Waals surface area contributed by atoms with Crippen LogP contribution < -0.4 is 10.6 Å². The van der Waals surface area contributed by atoms with Crippen LogP contribution >= 0.6 is 0 Å². The Labute approximate surface area is 110 Å². The van der Waals surface area contributed by atoms with Gasteiger partial charge in [0.25, 0.3) is 5.91 Å². The summed E-state index contributed by atoms with van der Waals surface area (Å²) >= 11 is 0. The summed E-state index contributed by atoms with van der Waals surface area (Å²) in [5, 5.41) is 5.96. The van der Waals surface area contributed by atoms with E-state index in [0.717, 1.165) is 17.6 Å². The molecule has 19 heavy (non-hydrogen) atoms. The van der Waals surface area contributed by atoms with E-state index in [1.165, 1.54) is 0 Å². The fraction of sp³-hybridized carbons (Fsp3) is 0.308. The van der Waals surface area contributed by atoms with Crippen molar-refractivity contribution < 1.29 is 9.53 Å². The maximum atomic E-state index is 12.0. The first-order valence-corrected chi connectivity index (χ1v) is 6.17. The van der Waals surface area contributed by atoms with E-state index in [1.54, 1.807) is 18.5 Å². The molecule has 1 amide bonds. The second-order valence-corrected chi connectivity index (χ2v) is 4.31. The third-order valence-corrected chi connectivity index (χ3v) is 2.96. The molecule has 6 heteroatoms. The van der Waals surface area contributed by atoms with Gasteiger partial charge in [0.15, 0.2) is 0 Å². The summed E-state index contributed by atoms with van der Waals surface area (Å²) in [5.74, 6) is -0.143. The van der Waals surface area contributed by atoms with Crippen LogP contribution in [-0.4, -0.2) is 41.7 Å². The van der Waals surface area contributed by atoms with Crippen molar-refractivity contribution in [2.45, 2.75) is 6.10 Å². The second kappa shape index (κ2) is 5.29. The van der Waals surface area contributed by atoms with Crippen LogP contribution in [0.1, 0.15) is 0 Å². The lowest BCUT2D eigenvalue weighted by Gasteiger charge is -2.22. The SMILES string of the molecule is O=C(Nc1ccc2nccnc2c1)[C@H]1CNCCO1. The van der Waals surface area contributed by atoms with Gasteiger partial charge in [-0.25, -0.2) is 0 Å². The molecule has 2 N–H and O–H groups in total. The molecule has 1 aliphatic rings. The van der Waals surface area contributed by atoms with Gasteiger partial charge in [0, 0.05) is 31.2 Å². The number of aromatic nitrogens is 2. The van der Waals surface area contributed by atoms with Crippen LogP contribution in [0.15, 0.2) is 30.6 Å². The first-order valence-electron chi connectivity index (χ1n) is 6.17. The minimum Gasteiger partial charge on any atom is -0.366 e. The minimum atomic E-state index is -0.439. The predicted molar refractivity (Wildman–Crippen MR) is 70.8 cm³/mol. The number of amides is 1.